The van der Waals surface area contributed by atoms with Crippen LogP contribution in [-0.4, -0.2) is 30.3 Å². The van der Waals surface area contributed by atoms with Gasteiger partial charge in [0, 0.05) is 24.0 Å². The lowest BCUT2D eigenvalue weighted by Crippen LogP contribution is -2.53. The van der Waals surface area contributed by atoms with Crippen molar-refractivity contribution in [1.82, 2.24) is 4.98 Å². The third kappa shape index (κ3) is 2.89. The molecule has 0 spiro atoms. The van der Waals surface area contributed by atoms with Gasteiger partial charge >= 0.3 is 5.97 Å². The van der Waals surface area contributed by atoms with Gasteiger partial charge in [-0.2, -0.15) is 0 Å². The van der Waals surface area contributed by atoms with Gasteiger partial charge in [0.1, 0.15) is 13.4 Å². The van der Waals surface area contributed by atoms with Crippen molar-refractivity contribution < 1.29 is 18.3 Å². The van der Waals surface area contributed by atoms with Gasteiger partial charge in [-0.05, 0) is 25.0 Å². The molecule has 1 aliphatic carbocycles. The number of cyclic esters (lactones) is 1. The zero-order chi connectivity index (χ0) is 18.4. The number of hydrogen-bond donors (Lipinski definition) is 0. The Morgan fingerprint density at radius 2 is 2.08 bits per heavy atom. The molecular weight excluding hydrogens is 323 g/mol. The van der Waals surface area contributed by atoms with Crippen molar-refractivity contribution in [3.63, 3.8) is 0 Å². The highest BCUT2D eigenvalue weighted by molar-refractivity contribution is 6.51. The molecule has 1 aromatic rings. The van der Waals surface area contributed by atoms with E-state index in [1.165, 1.54) is 0 Å². The van der Waals surface area contributed by atoms with Crippen molar-refractivity contribution in [2.75, 3.05) is 0 Å². The number of halogens is 2. The topological polar surface area (TPSA) is 39.2 Å². The number of carbonyl (C=O) groups excluding carboxylic acids is 1. The number of carbonyl (C=O) groups is 1. The first-order valence-electron chi connectivity index (χ1n) is 8.72. The molecule has 5 unspecified atom stereocenters. The average molecular weight is 346 g/mol. The second-order valence-electron chi connectivity index (χ2n) is 7.44. The third-order valence-electron chi connectivity index (χ3n) is 6.22. The normalized spacial score (nSPS) is 37.0. The van der Waals surface area contributed by atoms with Gasteiger partial charge in [-0.25, -0.2) is 8.78 Å². The van der Waals surface area contributed by atoms with Crippen LogP contribution in [0, 0.1) is 23.2 Å². The summed E-state index contributed by atoms with van der Waals surface area (Å²) in [6.07, 6.45) is 4.50. The molecular formula is C19H23BF2NO2. The van der Waals surface area contributed by atoms with Gasteiger partial charge < -0.3 is 4.74 Å². The van der Waals surface area contributed by atoms with E-state index in [1.54, 1.807) is 32.2 Å². The second-order valence-corrected chi connectivity index (χ2v) is 7.44. The van der Waals surface area contributed by atoms with E-state index >= 15 is 0 Å². The standard InChI is InChI=1S/C19H23BF2NO2/c1-11-15(8-7-14-6-5-13(20-4)10-23-14)18(3)12(2)25-17(24)16(18)9-19(11,21)22/h5-8,10-12,15-16H,9H2,1-4H3. The summed E-state index contributed by atoms with van der Waals surface area (Å²) in [5.41, 5.74) is 1.08. The maximum Gasteiger partial charge on any atom is 0.310 e. The summed E-state index contributed by atoms with van der Waals surface area (Å²) in [6, 6.07) is 3.79. The smallest absolute Gasteiger partial charge is 0.310 e. The zero-order valence-corrected chi connectivity index (χ0v) is 15.0. The Morgan fingerprint density at radius 1 is 1.36 bits per heavy atom. The fraction of sp³-hybridized carbons (Fsp3) is 0.579. The van der Waals surface area contributed by atoms with Crippen LogP contribution in [0.4, 0.5) is 8.78 Å². The summed E-state index contributed by atoms with van der Waals surface area (Å²) in [4.78, 5) is 16.4. The molecule has 1 saturated heterocycles. The predicted molar refractivity (Wildman–Crippen MR) is 93.9 cm³/mol. The zero-order valence-electron chi connectivity index (χ0n) is 15.0. The van der Waals surface area contributed by atoms with E-state index in [9.17, 15) is 13.6 Å². The van der Waals surface area contributed by atoms with Gasteiger partial charge in [-0.3, -0.25) is 9.78 Å². The van der Waals surface area contributed by atoms with Crippen LogP contribution in [0.1, 0.15) is 32.9 Å². The highest BCUT2D eigenvalue weighted by atomic mass is 19.3. The van der Waals surface area contributed by atoms with Crippen LogP contribution in [-0.2, 0) is 9.53 Å². The number of alkyl halides is 2. The number of fused-ring (bicyclic) bond motifs is 1. The molecule has 2 heterocycles. The van der Waals surface area contributed by atoms with Crippen molar-refractivity contribution >= 4 is 24.8 Å². The molecule has 3 rings (SSSR count). The van der Waals surface area contributed by atoms with E-state index < -0.39 is 41.5 Å². The first kappa shape index (κ1) is 18.1. The Kier molecular flexibility index (Phi) is 4.50. The fourth-order valence-electron chi connectivity index (χ4n) is 4.25. The Hall–Kier alpha value is -1.72. The van der Waals surface area contributed by atoms with E-state index in [2.05, 4.69) is 4.98 Å². The Labute approximate surface area is 148 Å². The maximum absolute atomic E-state index is 14.5. The monoisotopic (exact) mass is 346 g/mol. The number of hydrogen-bond acceptors (Lipinski definition) is 3. The summed E-state index contributed by atoms with van der Waals surface area (Å²) in [5.74, 6) is -5.50. The van der Waals surface area contributed by atoms with Gasteiger partial charge in [-0.1, -0.05) is 38.3 Å². The van der Waals surface area contributed by atoms with Crippen molar-refractivity contribution in [2.45, 2.75) is 46.0 Å². The van der Waals surface area contributed by atoms with E-state index in [4.69, 9.17) is 4.74 Å². The van der Waals surface area contributed by atoms with E-state index in [0.29, 0.717) is 5.69 Å². The number of pyridine rings is 1. The van der Waals surface area contributed by atoms with E-state index in [1.807, 2.05) is 33.2 Å². The lowest BCUT2D eigenvalue weighted by Gasteiger charge is -2.48. The summed E-state index contributed by atoms with van der Waals surface area (Å²) >= 11 is 0. The van der Waals surface area contributed by atoms with Crippen molar-refractivity contribution in [3.8, 4) is 0 Å². The van der Waals surface area contributed by atoms with Crippen LogP contribution < -0.4 is 5.46 Å². The van der Waals surface area contributed by atoms with Gasteiger partial charge in [-0.15, -0.1) is 0 Å². The summed E-state index contributed by atoms with van der Waals surface area (Å²) in [6.45, 7) is 7.20. The number of esters is 1. The Morgan fingerprint density at radius 3 is 2.68 bits per heavy atom. The number of ether oxygens (including phenoxy) is 1. The third-order valence-corrected chi connectivity index (χ3v) is 6.22. The first-order chi connectivity index (χ1) is 11.7. The molecule has 133 valence electrons. The van der Waals surface area contributed by atoms with Crippen LogP contribution >= 0.6 is 0 Å². The minimum atomic E-state index is -2.89. The van der Waals surface area contributed by atoms with Crippen molar-refractivity contribution in [3.05, 3.63) is 30.1 Å². The first-order valence-corrected chi connectivity index (χ1v) is 8.72. The maximum atomic E-state index is 14.5. The number of allylic oxidation sites excluding steroid dienone is 1. The fourth-order valence-corrected chi connectivity index (χ4v) is 4.25. The minimum absolute atomic E-state index is 0.386. The lowest BCUT2D eigenvalue weighted by molar-refractivity contribution is -0.161. The number of nitrogens with zero attached hydrogens (tertiary/aromatic N) is 1. The van der Waals surface area contributed by atoms with Crippen molar-refractivity contribution in [2.24, 2.45) is 23.2 Å². The summed E-state index contributed by atoms with van der Waals surface area (Å²) < 4.78 is 34.4. The molecule has 0 bridgehead atoms. The molecule has 1 radical (unpaired) electrons. The largest absolute Gasteiger partial charge is 0.462 e. The Bertz CT molecular complexity index is 691. The lowest BCUT2D eigenvalue weighted by atomic mass is 9.55. The van der Waals surface area contributed by atoms with Crippen LogP contribution in [0.3, 0.4) is 0 Å². The van der Waals surface area contributed by atoms with E-state index in [0.717, 1.165) is 5.46 Å². The molecule has 2 fully saturated rings. The molecule has 0 N–H and O–H groups in total. The van der Waals surface area contributed by atoms with Crippen LogP contribution in [0.25, 0.3) is 6.08 Å². The number of rotatable bonds is 3. The summed E-state index contributed by atoms with van der Waals surface area (Å²) in [7, 11) is 1.94. The molecule has 25 heavy (non-hydrogen) atoms. The van der Waals surface area contributed by atoms with Crippen LogP contribution in [0.2, 0.25) is 6.82 Å². The molecule has 0 aromatic carbocycles. The minimum Gasteiger partial charge on any atom is -0.462 e. The average Bonchev–Trinajstić information content (AvgIpc) is 2.78. The molecule has 2 aliphatic rings. The van der Waals surface area contributed by atoms with Gasteiger partial charge in [0.2, 0.25) is 0 Å². The molecule has 1 aliphatic heterocycles. The molecule has 0 amide bonds. The molecule has 6 heteroatoms. The van der Waals surface area contributed by atoms with Gasteiger partial charge in [0.15, 0.2) is 0 Å². The predicted octanol–water partition coefficient (Wildman–Crippen LogP) is 3.33. The van der Waals surface area contributed by atoms with Crippen LogP contribution in [0.15, 0.2) is 24.4 Å². The van der Waals surface area contributed by atoms with E-state index in [-0.39, 0.29) is 6.10 Å². The Balaban J connectivity index is 1.95. The van der Waals surface area contributed by atoms with Gasteiger partial charge in [0.25, 0.3) is 5.92 Å². The van der Waals surface area contributed by atoms with Crippen LogP contribution in [0.5, 0.6) is 0 Å². The molecule has 1 aromatic heterocycles. The summed E-state index contributed by atoms with van der Waals surface area (Å²) in [5, 5.41) is 0. The highest BCUT2D eigenvalue weighted by Gasteiger charge is 2.65. The van der Waals surface area contributed by atoms with Gasteiger partial charge in [0.05, 0.1) is 11.6 Å². The molecule has 3 nitrogen and oxygen atoms in total. The molecule has 5 atom stereocenters. The second kappa shape index (κ2) is 6.22. The highest BCUT2D eigenvalue weighted by Crippen LogP contribution is 2.59. The number of aromatic nitrogens is 1. The quantitative estimate of drug-likeness (QED) is 0.623. The molecule has 1 saturated carbocycles. The SMILES string of the molecule is C[B]c1ccc(C=CC2C(C)C(F)(F)CC3C(=O)OC(C)C32C)nc1. The van der Waals surface area contributed by atoms with Crippen molar-refractivity contribution in [1.29, 1.82) is 0 Å².